The Balaban J connectivity index is 1.20. The SMILES string of the molecule is CCC(C)[C@H](NC(=O)C(C)(C)N(C)CC(=O)NC(CCCCNC(=O)COCCNC(=O)COCCNC(=O)CCC(NC(=O)CC(=O)O)C(=O)O)C(=O)NNC(=O)CCC(=O)N1CCN2C(=O)CC(SCSC3CC(=O)N(CC1)C3=O)C2=O)C(=O)N(C)[C@H](C[C@@H](OC(C)=O)c1nc(C(=O)N[C@@H](Cc2ccc(C)cc2)CC(C)C(=O)O)cs1)C(C)C. The molecular weight excluding hydrogens is 1640 g/mol. The number of amides is 15. The number of carbonyl (C=O) groups excluding carboxylic acids is 16. The maximum atomic E-state index is 15.0. The van der Waals surface area contributed by atoms with Crippen LogP contribution in [0.25, 0.3) is 0 Å². The second-order valence-electron chi connectivity index (χ2n) is 30.6. The Hall–Kier alpha value is -10.2. The van der Waals surface area contributed by atoms with Gasteiger partial charge in [0.1, 0.15) is 48.5 Å². The number of hydrogen-bond donors (Lipinski definition) is 12. The number of hydrazine groups is 1. The molecule has 3 saturated heterocycles. The van der Waals surface area contributed by atoms with Gasteiger partial charge in [0.05, 0.1) is 41.7 Å². The number of carboxylic acids is 3. The third-order valence-corrected chi connectivity index (χ3v) is 24.1. The van der Waals surface area contributed by atoms with E-state index in [4.69, 9.17) is 19.3 Å². The molecular formula is C78H115N15O25S3. The molecule has 15 amide bonds. The number of likely N-dealkylation sites (N-methyl/N-ethyl adjacent to an activating group) is 2. The number of benzene rings is 1. The molecule has 6 unspecified atom stereocenters. The summed E-state index contributed by atoms with van der Waals surface area (Å²) in [4.78, 5) is 258. The molecule has 0 saturated carbocycles. The number of esters is 1. The zero-order valence-corrected chi connectivity index (χ0v) is 72.5. The third-order valence-electron chi connectivity index (χ3n) is 20.5. The Labute approximate surface area is 713 Å². The van der Waals surface area contributed by atoms with Crippen LogP contribution in [0.2, 0.25) is 0 Å². The van der Waals surface area contributed by atoms with Gasteiger partial charge in [0.2, 0.25) is 76.8 Å². The largest absolute Gasteiger partial charge is 0.481 e. The molecule has 121 heavy (non-hydrogen) atoms. The standard InChI is InChI=1S/C78H115N15O25S3/c1-12-46(5)68(74(110)90(11)54(44(2)3)35-55(118-48(7)94)71-85-53(42-119-71)69(106)82-50(33-47(6)75(111)112)34-49-18-16-45(4)17-19-49)86-77(115)78(8,9)89(10)39-61(98)83-51(15-13-14-24-79-62(99)40-117-32-26-81-63(100)41-116-31-25-80-58(95)21-20-52(76(113)114)84-60(97)38-67(104)105)70(107)88-87-59(96)22-23-64(101)91-27-29-92-65(102)36-56(72(92)108)120-43-121-57-37-66(103)93(30-28-91)73(57)109/h16-19,42,44,46-47,50-52,54-57,68H,12-15,20-41,43H2,1-11H3,(H,79,99)(H,80,95)(H,81,100)(H,82,106)(H,83,98)(H,84,97)(H,86,115)(H,87,96)(H,88,107)(H,104,105)(H,111,112)(H,113,114)/t46?,47?,50-,51?,52?,54-,55-,56?,57?,68+/m1/s1. The predicted octanol–water partition coefficient (Wildman–Crippen LogP) is -0.0681. The van der Waals surface area contributed by atoms with Crippen molar-refractivity contribution in [2.24, 2.45) is 17.8 Å². The molecule has 40 nitrogen and oxygen atoms in total. The van der Waals surface area contributed by atoms with Gasteiger partial charge < -0.3 is 76.5 Å². The molecule has 43 heteroatoms. The summed E-state index contributed by atoms with van der Waals surface area (Å²) >= 11 is 3.45. The number of imide groups is 2. The molecule has 12 N–H and O–H groups in total. The van der Waals surface area contributed by atoms with Crippen molar-refractivity contribution in [2.45, 2.75) is 205 Å². The number of nitrogens with one attached hydrogen (secondary N) is 9. The number of ether oxygens (including phenoxy) is 3. The molecule has 1 aromatic carbocycles. The van der Waals surface area contributed by atoms with Crippen LogP contribution in [0.3, 0.4) is 0 Å². The van der Waals surface area contributed by atoms with Gasteiger partial charge >= 0.3 is 23.9 Å². The minimum atomic E-state index is -1.55. The zero-order valence-electron chi connectivity index (χ0n) is 70.1. The topological polar surface area (TPSA) is 550 Å². The number of carboxylic acid groups (broad SMARTS) is 3. The van der Waals surface area contributed by atoms with Crippen LogP contribution in [0.1, 0.15) is 172 Å². The number of carbonyl (C=O) groups is 19. The first-order chi connectivity index (χ1) is 57.1. The van der Waals surface area contributed by atoms with Gasteiger partial charge in [-0.3, -0.25) is 112 Å². The Kier molecular flexibility index (Phi) is 42.1. The summed E-state index contributed by atoms with van der Waals surface area (Å²) in [6, 6.07) is 2.35. The van der Waals surface area contributed by atoms with Crippen LogP contribution >= 0.6 is 34.9 Å². The highest BCUT2D eigenvalue weighted by atomic mass is 32.2. The van der Waals surface area contributed by atoms with Crippen LogP contribution in [0, 0.1) is 24.7 Å². The second-order valence-corrected chi connectivity index (χ2v) is 34.2. The van der Waals surface area contributed by atoms with Crippen LogP contribution in [0.4, 0.5) is 0 Å². The fourth-order valence-electron chi connectivity index (χ4n) is 12.9. The van der Waals surface area contributed by atoms with Crippen molar-refractivity contribution in [2.75, 3.05) is 98.0 Å². The highest BCUT2D eigenvalue weighted by molar-refractivity contribution is 8.17. The number of thiazole rings is 1. The lowest BCUT2D eigenvalue weighted by atomic mass is 9.92. The lowest BCUT2D eigenvalue weighted by molar-refractivity contribution is -0.150. The molecule has 0 spiro atoms. The van der Waals surface area contributed by atoms with E-state index in [-0.39, 0.29) is 133 Å². The molecule has 2 aromatic rings. The summed E-state index contributed by atoms with van der Waals surface area (Å²) in [7, 11) is 3.03. The van der Waals surface area contributed by atoms with Gasteiger partial charge in [-0.05, 0) is 83.7 Å². The molecule has 670 valence electrons. The number of aromatic nitrogens is 1. The third kappa shape index (κ3) is 33.9. The summed E-state index contributed by atoms with van der Waals surface area (Å²) < 4.78 is 16.5. The van der Waals surface area contributed by atoms with Gasteiger partial charge in [-0.25, -0.2) is 9.78 Å². The van der Waals surface area contributed by atoms with Crippen molar-refractivity contribution in [1.29, 1.82) is 0 Å². The fraction of sp³-hybridized carbons (Fsp3) is 0.641. The summed E-state index contributed by atoms with van der Waals surface area (Å²) in [6.07, 6.45) is -2.63. The molecule has 4 bridgehead atoms. The van der Waals surface area contributed by atoms with E-state index in [9.17, 15) is 101 Å². The maximum Gasteiger partial charge on any atom is 0.326 e. The number of fused-ring (bicyclic) bond motifs is 4. The van der Waals surface area contributed by atoms with Crippen molar-refractivity contribution in [1.82, 2.24) is 77.6 Å². The lowest BCUT2D eigenvalue weighted by Crippen LogP contribution is -2.62. The molecule has 1 aromatic heterocycles. The van der Waals surface area contributed by atoms with Crippen molar-refractivity contribution < 1.29 is 121 Å². The second kappa shape index (κ2) is 50.2. The van der Waals surface area contributed by atoms with Crippen molar-refractivity contribution in [3.63, 3.8) is 0 Å². The molecule has 3 aliphatic rings. The van der Waals surface area contributed by atoms with Crippen LogP contribution < -0.4 is 48.1 Å². The average molecular weight is 1760 g/mol. The van der Waals surface area contributed by atoms with Gasteiger partial charge in [-0.15, -0.1) is 34.9 Å². The van der Waals surface area contributed by atoms with Gasteiger partial charge in [-0.1, -0.05) is 70.9 Å². The molecule has 5 rings (SSSR count). The van der Waals surface area contributed by atoms with E-state index in [1.54, 1.807) is 20.9 Å². The van der Waals surface area contributed by atoms with Crippen LogP contribution in [-0.2, 0) is 107 Å². The predicted molar refractivity (Wildman–Crippen MR) is 438 cm³/mol. The monoisotopic (exact) mass is 1760 g/mol. The molecule has 0 aliphatic carbocycles. The van der Waals surface area contributed by atoms with E-state index in [1.807, 2.05) is 57.3 Å². The van der Waals surface area contributed by atoms with Gasteiger partial charge in [0, 0.05) is 121 Å². The minimum absolute atomic E-state index is 0.00212. The summed E-state index contributed by atoms with van der Waals surface area (Å²) in [6.45, 7) is 12.7. The summed E-state index contributed by atoms with van der Waals surface area (Å²) in [5, 5.41) is 46.6. The minimum Gasteiger partial charge on any atom is -0.481 e. The van der Waals surface area contributed by atoms with E-state index in [0.29, 0.717) is 17.9 Å². The summed E-state index contributed by atoms with van der Waals surface area (Å²) in [5.74, 6) is -15.6. The first-order valence-corrected chi connectivity index (χ1v) is 42.9. The summed E-state index contributed by atoms with van der Waals surface area (Å²) in [5.41, 5.74) is 4.90. The number of nitrogens with zero attached hydrogens (tertiary/aromatic N) is 6. The van der Waals surface area contributed by atoms with E-state index in [2.05, 4.69) is 47.7 Å². The molecule has 4 heterocycles. The normalized spacial score (nSPS) is 17.0. The zero-order chi connectivity index (χ0) is 90.0. The number of aryl methyl sites for hydroxylation is 1. The van der Waals surface area contributed by atoms with E-state index < -0.39 is 216 Å². The fourth-order valence-corrected chi connectivity index (χ4v) is 16.4. The highest BCUT2D eigenvalue weighted by Crippen LogP contribution is 2.35. The smallest absolute Gasteiger partial charge is 0.326 e. The number of aliphatic carboxylic acids is 3. The number of hydrogen-bond acceptors (Lipinski definition) is 27. The highest BCUT2D eigenvalue weighted by Gasteiger charge is 2.44. The van der Waals surface area contributed by atoms with E-state index in [1.165, 1.54) is 71.4 Å². The van der Waals surface area contributed by atoms with Crippen LogP contribution in [0.5, 0.6) is 0 Å². The van der Waals surface area contributed by atoms with Gasteiger partial charge in [0.15, 0.2) is 6.10 Å². The molecule has 3 fully saturated rings. The first kappa shape index (κ1) is 101. The number of rotatable bonds is 48. The molecule has 10 atom stereocenters. The Morgan fingerprint density at radius 1 is 0.653 bits per heavy atom. The van der Waals surface area contributed by atoms with Gasteiger partial charge in [0.25, 0.3) is 11.8 Å². The van der Waals surface area contributed by atoms with Crippen molar-refractivity contribution >= 4 is 147 Å². The Morgan fingerprint density at radius 3 is 1.79 bits per heavy atom. The number of thioether (sulfide) groups is 2. The van der Waals surface area contributed by atoms with Crippen molar-refractivity contribution in [3.05, 3.63) is 51.5 Å². The first-order valence-electron chi connectivity index (χ1n) is 39.9. The Bertz CT molecular complexity index is 3970. The van der Waals surface area contributed by atoms with Crippen LogP contribution in [0.15, 0.2) is 29.6 Å². The molecule has 0 radical (unpaired) electrons. The Morgan fingerprint density at radius 2 is 1.23 bits per heavy atom. The van der Waals surface area contributed by atoms with Crippen LogP contribution in [-0.4, -0.2) is 302 Å². The van der Waals surface area contributed by atoms with E-state index >= 15 is 0 Å². The number of unbranched alkanes of at least 4 members (excludes halogenated alkanes) is 1. The quantitative estimate of drug-likeness (QED) is 0.0136. The van der Waals surface area contributed by atoms with Gasteiger partial charge in [-0.2, -0.15) is 0 Å². The average Bonchev–Trinajstić information content (AvgIpc) is 1.50. The van der Waals surface area contributed by atoms with E-state index in [0.717, 1.165) is 32.3 Å². The lowest BCUT2D eigenvalue weighted by Gasteiger charge is -2.39. The van der Waals surface area contributed by atoms with Crippen molar-refractivity contribution in [3.8, 4) is 0 Å². The molecule has 3 aliphatic heterocycles. The maximum absolute atomic E-state index is 15.0.